The Morgan fingerprint density at radius 3 is 2.46 bits per heavy atom. The third-order valence-corrected chi connectivity index (χ3v) is 4.43. The summed E-state index contributed by atoms with van der Waals surface area (Å²) >= 11 is 18.2. The van der Waals surface area contributed by atoms with Crippen molar-refractivity contribution in [1.29, 1.82) is 0 Å². The molecular weight excluding hydrogens is 369 g/mol. The quantitative estimate of drug-likeness (QED) is 0.525. The fourth-order valence-corrected chi connectivity index (χ4v) is 2.48. The second-order valence-corrected chi connectivity index (χ2v) is 6.45. The Bertz CT molecular complexity index is 747. The molecule has 2 rings (SSSR count). The maximum absolute atomic E-state index is 6.34. The molecule has 24 heavy (non-hydrogen) atoms. The van der Waals surface area contributed by atoms with E-state index in [1.807, 2.05) is 19.9 Å². The van der Waals surface area contributed by atoms with Crippen LogP contribution in [0, 0.1) is 0 Å². The molecule has 0 fully saturated rings. The molecule has 0 spiro atoms. The van der Waals surface area contributed by atoms with Gasteiger partial charge in [0.2, 0.25) is 0 Å². The van der Waals surface area contributed by atoms with E-state index in [0.29, 0.717) is 32.3 Å². The Balaban J connectivity index is 2.29. The van der Waals surface area contributed by atoms with E-state index >= 15 is 0 Å². The molecule has 128 valence electrons. The van der Waals surface area contributed by atoms with Crippen molar-refractivity contribution in [3.63, 3.8) is 0 Å². The first kappa shape index (κ1) is 18.9. The lowest BCUT2D eigenvalue weighted by atomic mass is 10.2. The molecule has 0 aliphatic carbocycles. The van der Waals surface area contributed by atoms with Gasteiger partial charge in [-0.3, -0.25) is 4.99 Å². The summed E-state index contributed by atoms with van der Waals surface area (Å²) in [6.07, 6.45) is 2.60. The van der Waals surface area contributed by atoms with Gasteiger partial charge in [0.15, 0.2) is 11.5 Å². The molecule has 0 unspecified atom stereocenters. The minimum atomic E-state index is 0.0483. The van der Waals surface area contributed by atoms with E-state index in [-0.39, 0.29) is 6.10 Å². The fourth-order valence-electron chi connectivity index (χ4n) is 1.93. The molecule has 0 heterocycles. The summed E-state index contributed by atoms with van der Waals surface area (Å²) in [5, 5.41) is 1.43. The van der Waals surface area contributed by atoms with Crippen LogP contribution in [0.3, 0.4) is 0 Å². The molecule has 0 bridgehead atoms. The van der Waals surface area contributed by atoms with Gasteiger partial charge in [-0.1, -0.05) is 41.7 Å². The molecule has 0 aliphatic heterocycles. The first-order valence-corrected chi connectivity index (χ1v) is 8.61. The lowest BCUT2D eigenvalue weighted by Crippen LogP contribution is -2.11. The van der Waals surface area contributed by atoms with Gasteiger partial charge in [-0.2, -0.15) is 0 Å². The van der Waals surface area contributed by atoms with Crippen LogP contribution in [-0.2, 0) is 0 Å². The zero-order valence-electron chi connectivity index (χ0n) is 13.6. The summed E-state index contributed by atoms with van der Waals surface area (Å²) in [7, 11) is 1.58. The van der Waals surface area contributed by atoms with E-state index in [9.17, 15) is 0 Å². The normalized spacial score (nSPS) is 12.4. The van der Waals surface area contributed by atoms with Gasteiger partial charge >= 0.3 is 0 Å². The van der Waals surface area contributed by atoms with Gasteiger partial charge in [0.25, 0.3) is 0 Å². The van der Waals surface area contributed by atoms with Crippen molar-refractivity contribution in [3.8, 4) is 11.5 Å². The first-order valence-electron chi connectivity index (χ1n) is 7.48. The van der Waals surface area contributed by atoms with Crippen LogP contribution in [0.15, 0.2) is 35.3 Å². The van der Waals surface area contributed by atoms with E-state index in [1.165, 1.54) is 0 Å². The lowest BCUT2D eigenvalue weighted by molar-refractivity contribution is 0.208. The summed E-state index contributed by atoms with van der Waals surface area (Å²) < 4.78 is 11.2. The van der Waals surface area contributed by atoms with Gasteiger partial charge in [0, 0.05) is 6.21 Å². The monoisotopic (exact) mass is 385 g/mol. The highest BCUT2D eigenvalue weighted by atomic mass is 35.5. The third kappa shape index (κ3) is 4.79. The Morgan fingerprint density at radius 2 is 1.83 bits per heavy atom. The summed E-state index contributed by atoms with van der Waals surface area (Å²) in [6, 6.07) is 8.78. The van der Waals surface area contributed by atoms with E-state index in [4.69, 9.17) is 44.3 Å². The molecule has 2 aromatic carbocycles. The molecule has 2 aromatic rings. The van der Waals surface area contributed by atoms with Crippen LogP contribution in [0.4, 0.5) is 5.69 Å². The van der Waals surface area contributed by atoms with Crippen LogP contribution in [0.1, 0.15) is 25.8 Å². The van der Waals surface area contributed by atoms with Gasteiger partial charge in [-0.15, -0.1) is 0 Å². The van der Waals surface area contributed by atoms with Crippen LogP contribution in [-0.4, -0.2) is 19.4 Å². The van der Waals surface area contributed by atoms with Crippen LogP contribution in [0.5, 0.6) is 11.5 Å². The number of aliphatic imine (C=N–C) groups is 1. The standard InChI is InChI=1S/C18H18Cl3NO2/c1-4-11(2)24-18-16(21)7-12(8-17(18)23-3)10-22-13-5-6-14(19)15(20)9-13/h5-11H,4H2,1-3H3/t11-/m0/s1. The molecule has 0 aromatic heterocycles. The molecule has 3 nitrogen and oxygen atoms in total. The van der Waals surface area contributed by atoms with Gasteiger partial charge in [-0.25, -0.2) is 0 Å². The van der Waals surface area contributed by atoms with Crippen LogP contribution in [0.2, 0.25) is 15.1 Å². The van der Waals surface area contributed by atoms with Gasteiger partial charge < -0.3 is 9.47 Å². The predicted molar refractivity (Wildman–Crippen MR) is 102 cm³/mol. The Hall–Kier alpha value is -1.42. The first-order chi connectivity index (χ1) is 11.4. The van der Waals surface area contributed by atoms with Crippen molar-refractivity contribution >= 4 is 46.7 Å². The maximum atomic E-state index is 6.34. The highest BCUT2D eigenvalue weighted by Gasteiger charge is 2.14. The Labute approximate surface area is 157 Å². The molecule has 6 heteroatoms. The van der Waals surface area contributed by atoms with Crippen molar-refractivity contribution in [2.24, 2.45) is 4.99 Å². The van der Waals surface area contributed by atoms with E-state index in [2.05, 4.69) is 4.99 Å². The number of nitrogens with zero attached hydrogens (tertiary/aromatic N) is 1. The molecule has 0 amide bonds. The number of hydrogen-bond donors (Lipinski definition) is 0. The molecule has 0 aliphatic rings. The average molecular weight is 387 g/mol. The van der Waals surface area contributed by atoms with Gasteiger partial charge in [0.1, 0.15) is 0 Å². The van der Waals surface area contributed by atoms with Crippen molar-refractivity contribution in [3.05, 3.63) is 51.0 Å². The van der Waals surface area contributed by atoms with Crippen molar-refractivity contribution in [2.45, 2.75) is 26.4 Å². The average Bonchev–Trinajstić information content (AvgIpc) is 2.57. The number of benzene rings is 2. The number of halogens is 3. The predicted octanol–water partition coefficient (Wildman–Crippen LogP) is 6.58. The summed E-state index contributed by atoms with van der Waals surface area (Å²) in [5.41, 5.74) is 1.49. The molecule has 1 atom stereocenters. The summed E-state index contributed by atoms with van der Waals surface area (Å²) in [6.45, 7) is 4.03. The molecule has 0 radical (unpaired) electrons. The third-order valence-electron chi connectivity index (χ3n) is 3.41. The van der Waals surface area contributed by atoms with Crippen molar-refractivity contribution in [2.75, 3.05) is 7.11 Å². The second kappa shape index (κ2) is 8.61. The van der Waals surface area contributed by atoms with E-state index < -0.39 is 0 Å². The highest BCUT2D eigenvalue weighted by Crippen LogP contribution is 2.37. The van der Waals surface area contributed by atoms with Crippen LogP contribution in [0.25, 0.3) is 0 Å². The van der Waals surface area contributed by atoms with Crippen LogP contribution < -0.4 is 9.47 Å². The smallest absolute Gasteiger partial charge is 0.180 e. The molecular formula is C18H18Cl3NO2. The number of ether oxygens (including phenoxy) is 2. The van der Waals surface area contributed by atoms with Gasteiger partial charge in [-0.05, 0) is 49.2 Å². The summed E-state index contributed by atoms with van der Waals surface area (Å²) in [5.74, 6) is 1.11. The lowest BCUT2D eigenvalue weighted by Gasteiger charge is -2.17. The zero-order valence-corrected chi connectivity index (χ0v) is 15.9. The highest BCUT2D eigenvalue weighted by molar-refractivity contribution is 6.42. The SMILES string of the molecule is CC[C@H](C)Oc1c(Cl)cc(C=Nc2ccc(Cl)c(Cl)c2)cc1OC. The number of hydrogen-bond acceptors (Lipinski definition) is 3. The Morgan fingerprint density at radius 1 is 1.08 bits per heavy atom. The number of methoxy groups -OCH3 is 1. The van der Waals surface area contributed by atoms with Crippen molar-refractivity contribution in [1.82, 2.24) is 0 Å². The maximum Gasteiger partial charge on any atom is 0.180 e. The van der Waals surface area contributed by atoms with Gasteiger partial charge in [0.05, 0.1) is 34.0 Å². The molecule has 0 saturated heterocycles. The Kier molecular flexibility index (Phi) is 6.79. The van der Waals surface area contributed by atoms with Crippen molar-refractivity contribution < 1.29 is 9.47 Å². The fraction of sp³-hybridized carbons (Fsp3) is 0.278. The summed E-state index contributed by atoms with van der Waals surface area (Å²) in [4.78, 5) is 4.38. The molecule has 0 N–H and O–H groups in total. The minimum Gasteiger partial charge on any atom is -0.493 e. The minimum absolute atomic E-state index is 0.0483. The van der Waals surface area contributed by atoms with E-state index in [1.54, 1.807) is 37.6 Å². The van der Waals surface area contributed by atoms with Crippen LogP contribution >= 0.6 is 34.8 Å². The van der Waals surface area contributed by atoms with E-state index in [0.717, 1.165) is 12.0 Å². The largest absolute Gasteiger partial charge is 0.493 e. The topological polar surface area (TPSA) is 30.8 Å². The number of rotatable bonds is 6. The second-order valence-electron chi connectivity index (χ2n) is 5.23. The zero-order chi connectivity index (χ0) is 17.7. The molecule has 0 saturated carbocycles.